The summed E-state index contributed by atoms with van der Waals surface area (Å²) in [6, 6.07) is 21.5. The Morgan fingerprint density at radius 1 is 1.00 bits per heavy atom. The highest BCUT2D eigenvalue weighted by atomic mass is 16.2. The summed E-state index contributed by atoms with van der Waals surface area (Å²) in [7, 11) is 0. The first-order valence-corrected chi connectivity index (χ1v) is 9.98. The average Bonchev–Trinajstić information content (AvgIpc) is 3.25. The van der Waals surface area contributed by atoms with E-state index in [1.807, 2.05) is 61.5 Å². The van der Waals surface area contributed by atoms with Gasteiger partial charge in [0.1, 0.15) is 5.69 Å². The fourth-order valence-corrected chi connectivity index (χ4v) is 3.35. The van der Waals surface area contributed by atoms with Crippen LogP contribution in [0.3, 0.4) is 0 Å². The number of nitrogens with one attached hydrogen (secondary N) is 1. The van der Waals surface area contributed by atoms with E-state index in [0.717, 1.165) is 23.2 Å². The van der Waals surface area contributed by atoms with Gasteiger partial charge in [0.2, 0.25) is 0 Å². The number of pyridine rings is 1. The van der Waals surface area contributed by atoms with Crippen molar-refractivity contribution in [2.24, 2.45) is 0 Å². The summed E-state index contributed by atoms with van der Waals surface area (Å²) in [6.07, 6.45) is 4.35. The zero-order chi connectivity index (χ0) is 20.9. The first kappa shape index (κ1) is 19.5. The fraction of sp³-hybridized carbons (Fsp3) is 0.167. The quantitative estimate of drug-likeness (QED) is 0.524. The molecule has 2 heterocycles. The molecular weight excluding hydrogens is 374 g/mol. The highest BCUT2D eigenvalue weighted by Crippen LogP contribution is 2.26. The first-order valence-electron chi connectivity index (χ1n) is 9.98. The van der Waals surface area contributed by atoms with Gasteiger partial charge in [-0.15, -0.1) is 5.10 Å². The highest BCUT2D eigenvalue weighted by Gasteiger charge is 2.23. The topological polar surface area (TPSA) is 72.7 Å². The van der Waals surface area contributed by atoms with Crippen molar-refractivity contribution in [1.29, 1.82) is 0 Å². The molecule has 150 valence electrons. The normalized spacial score (nSPS) is 11.8. The minimum Gasteiger partial charge on any atom is -0.344 e. The third-order valence-corrected chi connectivity index (χ3v) is 5.08. The largest absolute Gasteiger partial charge is 0.344 e. The summed E-state index contributed by atoms with van der Waals surface area (Å²) < 4.78 is 1.71. The molecule has 0 fully saturated rings. The number of amides is 1. The highest BCUT2D eigenvalue weighted by molar-refractivity contribution is 5.98. The van der Waals surface area contributed by atoms with Gasteiger partial charge >= 0.3 is 0 Å². The molecule has 30 heavy (non-hydrogen) atoms. The van der Waals surface area contributed by atoms with Gasteiger partial charge in [-0.25, -0.2) is 4.68 Å². The third-order valence-electron chi connectivity index (χ3n) is 5.08. The van der Waals surface area contributed by atoms with Crippen molar-refractivity contribution >= 4 is 5.91 Å². The fourth-order valence-electron chi connectivity index (χ4n) is 3.35. The van der Waals surface area contributed by atoms with Crippen LogP contribution in [0.4, 0.5) is 0 Å². The number of hydrogen-bond donors (Lipinski definition) is 1. The molecule has 0 aliphatic heterocycles. The van der Waals surface area contributed by atoms with Gasteiger partial charge in [-0.3, -0.25) is 9.78 Å². The molecule has 6 heteroatoms. The number of hydrogen-bond acceptors (Lipinski definition) is 4. The second-order valence-electron chi connectivity index (χ2n) is 7.06. The number of aromatic nitrogens is 4. The molecule has 0 saturated heterocycles. The van der Waals surface area contributed by atoms with Gasteiger partial charge in [0.25, 0.3) is 5.91 Å². The van der Waals surface area contributed by atoms with Gasteiger partial charge in [0.15, 0.2) is 5.69 Å². The molecule has 0 aliphatic rings. The standard InChI is InChI=1S/C24H23N5O/c1-3-18-9-11-21(12-10-18)29-23(20-13-15-25-16-14-20)22(27-28-29)24(30)26-17(2)19-7-5-4-6-8-19/h4-17H,3H2,1-2H3,(H,26,30). The molecule has 1 amide bonds. The molecule has 0 aliphatic carbocycles. The van der Waals surface area contributed by atoms with E-state index in [0.29, 0.717) is 5.69 Å². The summed E-state index contributed by atoms with van der Waals surface area (Å²) in [6.45, 7) is 4.07. The minimum atomic E-state index is -0.269. The Morgan fingerprint density at radius 3 is 2.37 bits per heavy atom. The van der Waals surface area contributed by atoms with E-state index in [9.17, 15) is 4.79 Å². The van der Waals surface area contributed by atoms with Crippen molar-refractivity contribution in [3.63, 3.8) is 0 Å². The Kier molecular flexibility index (Phi) is 5.66. The Hall–Kier alpha value is -3.80. The van der Waals surface area contributed by atoms with Crippen LogP contribution in [0, 0.1) is 0 Å². The maximum Gasteiger partial charge on any atom is 0.274 e. The summed E-state index contributed by atoms with van der Waals surface area (Å²) in [5.41, 5.74) is 4.86. The Labute approximate surface area is 175 Å². The van der Waals surface area contributed by atoms with Crippen LogP contribution in [-0.4, -0.2) is 25.9 Å². The summed E-state index contributed by atoms with van der Waals surface area (Å²) in [5, 5.41) is 11.6. The molecule has 4 rings (SSSR count). The number of nitrogens with zero attached hydrogens (tertiary/aromatic N) is 4. The Balaban J connectivity index is 1.72. The molecule has 1 unspecified atom stereocenters. The van der Waals surface area contributed by atoms with Crippen LogP contribution >= 0.6 is 0 Å². The maximum absolute atomic E-state index is 13.1. The summed E-state index contributed by atoms with van der Waals surface area (Å²) in [4.78, 5) is 17.2. The van der Waals surface area contributed by atoms with Crippen molar-refractivity contribution < 1.29 is 4.79 Å². The molecule has 0 radical (unpaired) electrons. The number of rotatable bonds is 6. The molecule has 0 spiro atoms. The summed E-state index contributed by atoms with van der Waals surface area (Å²) >= 11 is 0. The van der Waals surface area contributed by atoms with Crippen LogP contribution in [0.1, 0.15) is 41.5 Å². The van der Waals surface area contributed by atoms with E-state index in [4.69, 9.17) is 0 Å². The van der Waals surface area contributed by atoms with E-state index in [2.05, 4.69) is 39.7 Å². The van der Waals surface area contributed by atoms with Crippen LogP contribution in [-0.2, 0) is 6.42 Å². The molecule has 1 N–H and O–H groups in total. The van der Waals surface area contributed by atoms with Crippen molar-refractivity contribution in [2.75, 3.05) is 0 Å². The summed E-state index contributed by atoms with van der Waals surface area (Å²) in [5.74, 6) is -0.269. The molecular formula is C24H23N5O. The molecule has 6 nitrogen and oxygen atoms in total. The lowest BCUT2D eigenvalue weighted by Gasteiger charge is -2.14. The smallest absolute Gasteiger partial charge is 0.274 e. The monoisotopic (exact) mass is 397 g/mol. The second kappa shape index (κ2) is 8.69. The number of carbonyl (C=O) groups is 1. The SMILES string of the molecule is CCc1ccc(-n2nnc(C(=O)NC(C)c3ccccc3)c2-c2ccncc2)cc1. The predicted molar refractivity (Wildman–Crippen MR) is 116 cm³/mol. The third kappa shape index (κ3) is 3.98. The van der Waals surface area contributed by atoms with Crippen LogP contribution in [0.5, 0.6) is 0 Å². The van der Waals surface area contributed by atoms with Gasteiger partial charge in [-0.05, 0) is 48.7 Å². The van der Waals surface area contributed by atoms with E-state index >= 15 is 0 Å². The maximum atomic E-state index is 13.1. The molecule has 0 bridgehead atoms. The number of aryl methyl sites for hydroxylation is 1. The van der Waals surface area contributed by atoms with Gasteiger partial charge in [-0.2, -0.15) is 0 Å². The van der Waals surface area contributed by atoms with Gasteiger partial charge in [-0.1, -0.05) is 54.6 Å². The lowest BCUT2D eigenvalue weighted by Crippen LogP contribution is -2.27. The molecule has 1 atom stereocenters. The molecule has 2 aromatic heterocycles. The van der Waals surface area contributed by atoms with Crippen molar-refractivity contribution in [1.82, 2.24) is 25.3 Å². The van der Waals surface area contributed by atoms with Crippen LogP contribution < -0.4 is 5.32 Å². The molecule has 2 aromatic carbocycles. The van der Waals surface area contributed by atoms with Gasteiger partial charge < -0.3 is 5.32 Å². The lowest BCUT2D eigenvalue weighted by atomic mass is 10.1. The van der Waals surface area contributed by atoms with E-state index in [1.165, 1.54) is 5.56 Å². The van der Waals surface area contributed by atoms with Gasteiger partial charge in [0.05, 0.1) is 11.7 Å². The lowest BCUT2D eigenvalue weighted by molar-refractivity contribution is 0.0935. The second-order valence-corrected chi connectivity index (χ2v) is 7.06. The zero-order valence-electron chi connectivity index (χ0n) is 17.0. The van der Waals surface area contributed by atoms with Crippen LogP contribution in [0.15, 0.2) is 79.1 Å². The van der Waals surface area contributed by atoms with Crippen molar-refractivity contribution in [2.45, 2.75) is 26.3 Å². The average molecular weight is 397 g/mol. The van der Waals surface area contributed by atoms with E-state index in [-0.39, 0.29) is 17.6 Å². The Morgan fingerprint density at radius 2 is 1.70 bits per heavy atom. The molecule has 0 saturated carbocycles. The zero-order valence-corrected chi connectivity index (χ0v) is 17.0. The van der Waals surface area contributed by atoms with E-state index in [1.54, 1.807) is 17.1 Å². The van der Waals surface area contributed by atoms with Crippen LogP contribution in [0.25, 0.3) is 16.9 Å². The van der Waals surface area contributed by atoms with Crippen molar-refractivity contribution in [3.8, 4) is 16.9 Å². The Bertz CT molecular complexity index is 1120. The van der Waals surface area contributed by atoms with E-state index < -0.39 is 0 Å². The van der Waals surface area contributed by atoms with Gasteiger partial charge in [0, 0.05) is 18.0 Å². The number of benzene rings is 2. The van der Waals surface area contributed by atoms with Crippen LogP contribution in [0.2, 0.25) is 0 Å². The predicted octanol–water partition coefficient (Wildman–Crippen LogP) is 4.38. The van der Waals surface area contributed by atoms with Crippen molar-refractivity contribution in [3.05, 3.63) is 95.9 Å². The number of carbonyl (C=O) groups excluding carboxylic acids is 1. The first-order chi connectivity index (χ1) is 14.7. The molecule has 4 aromatic rings. The minimum absolute atomic E-state index is 0.155.